The van der Waals surface area contributed by atoms with E-state index in [0.29, 0.717) is 47.4 Å². The Hall–Kier alpha value is -2.77. The number of aryl methyl sites for hydroxylation is 1. The number of ether oxygens (including phenoxy) is 3. The van der Waals surface area contributed by atoms with Gasteiger partial charge in [-0.3, -0.25) is 4.79 Å². The highest BCUT2D eigenvalue weighted by molar-refractivity contribution is 5.67. The number of rotatable bonds is 8. The molecule has 0 bridgehead atoms. The molecule has 0 fully saturated rings. The summed E-state index contributed by atoms with van der Waals surface area (Å²) in [7, 11) is 4.57. The average molecular weight is 322 g/mol. The molecule has 0 aliphatic heterocycles. The van der Waals surface area contributed by atoms with Crippen LogP contribution in [-0.4, -0.2) is 42.5 Å². The van der Waals surface area contributed by atoms with Crippen molar-refractivity contribution in [2.24, 2.45) is 0 Å². The van der Waals surface area contributed by atoms with E-state index in [1.165, 1.54) is 21.3 Å². The lowest BCUT2D eigenvalue weighted by atomic mass is 10.1. The van der Waals surface area contributed by atoms with Crippen LogP contribution in [0.15, 0.2) is 16.7 Å². The van der Waals surface area contributed by atoms with Crippen LogP contribution in [0.2, 0.25) is 0 Å². The predicted molar refractivity (Wildman–Crippen MR) is 80.0 cm³/mol. The fourth-order valence-electron chi connectivity index (χ4n) is 2.07. The Bertz CT molecular complexity index is 657. The Labute approximate surface area is 133 Å². The lowest BCUT2D eigenvalue weighted by Crippen LogP contribution is -1.97. The first-order chi connectivity index (χ1) is 11.1. The molecule has 0 unspecified atom stereocenters. The van der Waals surface area contributed by atoms with E-state index in [1.54, 1.807) is 12.1 Å². The summed E-state index contributed by atoms with van der Waals surface area (Å²) in [4.78, 5) is 14.8. The van der Waals surface area contributed by atoms with E-state index in [0.717, 1.165) is 0 Å². The molecule has 8 nitrogen and oxygen atoms in total. The van der Waals surface area contributed by atoms with Crippen molar-refractivity contribution < 1.29 is 28.6 Å². The lowest BCUT2D eigenvalue weighted by Gasteiger charge is -2.12. The summed E-state index contributed by atoms with van der Waals surface area (Å²) in [6, 6.07) is 3.43. The summed E-state index contributed by atoms with van der Waals surface area (Å²) in [5.74, 6) is 1.35. The molecule has 2 aromatic rings. The molecule has 1 heterocycles. The van der Waals surface area contributed by atoms with Crippen molar-refractivity contribution >= 4 is 5.97 Å². The van der Waals surface area contributed by atoms with Crippen LogP contribution in [0, 0.1) is 0 Å². The van der Waals surface area contributed by atoms with Gasteiger partial charge in [-0.1, -0.05) is 5.16 Å². The second-order valence-corrected chi connectivity index (χ2v) is 4.67. The third kappa shape index (κ3) is 3.91. The third-order valence-corrected chi connectivity index (χ3v) is 3.17. The number of nitrogens with zero attached hydrogens (tertiary/aromatic N) is 2. The number of aromatic nitrogens is 2. The summed E-state index contributed by atoms with van der Waals surface area (Å²) >= 11 is 0. The molecule has 0 saturated heterocycles. The van der Waals surface area contributed by atoms with Crippen LogP contribution in [-0.2, 0) is 11.2 Å². The normalized spacial score (nSPS) is 10.4. The molecule has 1 N–H and O–H groups in total. The quantitative estimate of drug-likeness (QED) is 0.788. The summed E-state index contributed by atoms with van der Waals surface area (Å²) in [6.07, 6.45) is 0.901. The van der Waals surface area contributed by atoms with Gasteiger partial charge in [-0.2, -0.15) is 4.98 Å². The molecular formula is C15H18N2O6. The number of carbonyl (C=O) groups is 1. The molecule has 0 saturated carbocycles. The third-order valence-electron chi connectivity index (χ3n) is 3.17. The number of carboxylic acids is 1. The minimum absolute atomic E-state index is 0.0574. The fraction of sp³-hybridized carbons (Fsp3) is 0.400. The van der Waals surface area contributed by atoms with Gasteiger partial charge >= 0.3 is 5.97 Å². The zero-order valence-corrected chi connectivity index (χ0v) is 13.2. The van der Waals surface area contributed by atoms with Gasteiger partial charge in [0.1, 0.15) is 0 Å². The zero-order chi connectivity index (χ0) is 16.8. The maximum Gasteiger partial charge on any atom is 0.303 e. The Balaban J connectivity index is 2.24. The molecule has 0 aliphatic rings. The van der Waals surface area contributed by atoms with Crippen molar-refractivity contribution in [1.82, 2.24) is 10.1 Å². The second-order valence-electron chi connectivity index (χ2n) is 4.67. The smallest absolute Gasteiger partial charge is 0.303 e. The van der Waals surface area contributed by atoms with Gasteiger partial charge in [0.15, 0.2) is 11.5 Å². The van der Waals surface area contributed by atoms with Crippen LogP contribution in [0.1, 0.15) is 18.7 Å². The Morgan fingerprint density at radius 1 is 1.17 bits per heavy atom. The molecule has 124 valence electrons. The number of carboxylic acid groups (broad SMARTS) is 1. The summed E-state index contributed by atoms with van der Waals surface area (Å²) < 4.78 is 21.0. The minimum Gasteiger partial charge on any atom is -0.493 e. The van der Waals surface area contributed by atoms with E-state index >= 15 is 0 Å². The van der Waals surface area contributed by atoms with Crippen molar-refractivity contribution in [3.63, 3.8) is 0 Å². The molecule has 0 amide bonds. The highest BCUT2D eigenvalue weighted by atomic mass is 16.5. The molecule has 8 heteroatoms. The predicted octanol–water partition coefficient (Wildman–Crippen LogP) is 2.17. The van der Waals surface area contributed by atoms with Gasteiger partial charge in [0.2, 0.25) is 17.5 Å². The second kappa shape index (κ2) is 7.48. The molecule has 23 heavy (non-hydrogen) atoms. The lowest BCUT2D eigenvalue weighted by molar-refractivity contribution is -0.137. The summed E-state index contributed by atoms with van der Waals surface area (Å²) in [6.45, 7) is 0. The van der Waals surface area contributed by atoms with Gasteiger partial charge in [-0.05, 0) is 18.6 Å². The fourth-order valence-corrected chi connectivity index (χ4v) is 2.07. The monoisotopic (exact) mass is 322 g/mol. The number of hydrogen-bond donors (Lipinski definition) is 1. The first kappa shape index (κ1) is 16.6. The van der Waals surface area contributed by atoms with Gasteiger partial charge in [-0.15, -0.1) is 0 Å². The highest BCUT2D eigenvalue weighted by Crippen LogP contribution is 2.40. The minimum atomic E-state index is -0.852. The van der Waals surface area contributed by atoms with E-state index in [4.69, 9.17) is 23.8 Å². The van der Waals surface area contributed by atoms with Crippen LogP contribution in [0.5, 0.6) is 17.2 Å². The Morgan fingerprint density at radius 3 is 2.35 bits per heavy atom. The molecule has 0 atom stereocenters. The van der Waals surface area contributed by atoms with Crippen molar-refractivity contribution in [2.75, 3.05) is 21.3 Å². The van der Waals surface area contributed by atoms with E-state index in [1.807, 2.05) is 0 Å². The highest BCUT2D eigenvalue weighted by Gasteiger charge is 2.17. The number of hydrogen-bond acceptors (Lipinski definition) is 7. The molecule has 1 aromatic heterocycles. The standard InChI is InChI=1S/C15H18N2O6/c1-20-10-7-9(8-11(21-2)14(10)22-3)15-16-12(23-17-15)5-4-6-13(18)19/h7-8H,4-6H2,1-3H3,(H,18,19). The van der Waals surface area contributed by atoms with Gasteiger partial charge in [0.05, 0.1) is 21.3 Å². The Kier molecular flexibility index (Phi) is 5.40. The van der Waals surface area contributed by atoms with Crippen LogP contribution in [0.25, 0.3) is 11.4 Å². The summed E-state index contributed by atoms with van der Waals surface area (Å²) in [5, 5.41) is 12.5. The molecule has 1 aromatic carbocycles. The van der Waals surface area contributed by atoms with E-state index in [2.05, 4.69) is 10.1 Å². The van der Waals surface area contributed by atoms with E-state index < -0.39 is 5.97 Å². The number of benzene rings is 1. The van der Waals surface area contributed by atoms with E-state index in [9.17, 15) is 4.79 Å². The average Bonchev–Trinajstić information content (AvgIpc) is 3.01. The SMILES string of the molecule is COc1cc(-c2noc(CCCC(=O)O)n2)cc(OC)c1OC. The molecule has 2 rings (SSSR count). The first-order valence-electron chi connectivity index (χ1n) is 6.93. The molecule has 0 radical (unpaired) electrons. The Morgan fingerprint density at radius 2 is 1.83 bits per heavy atom. The van der Waals surface area contributed by atoms with E-state index in [-0.39, 0.29) is 6.42 Å². The van der Waals surface area contributed by atoms with Crippen LogP contribution in [0.3, 0.4) is 0 Å². The topological polar surface area (TPSA) is 104 Å². The number of aliphatic carboxylic acids is 1. The van der Waals surface area contributed by atoms with Gasteiger partial charge in [0, 0.05) is 18.4 Å². The molecular weight excluding hydrogens is 304 g/mol. The molecule has 0 aliphatic carbocycles. The maximum absolute atomic E-state index is 10.5. The largest absolute Gasteiger partial charge is 0.493 e. The van der Waals surface area contributed by atoms with Crippen LogP contribution in [0.4, 0.5) is 0 Å². The van der Waals surface area contributed by atoms with Crippen molar-refractivity contribution in [3.05, 3.63) is 18.0 Å². The summed E-state index contributed by atoms with van der Waals surface area (Å²) in [5.41, 5.74) is 0.646. The van der Waals surface area contributed by atoms with Gasteiger partial charge < -0.3 is 23.8 Å². The van der Waals surface area contributed by atoms with Crippen molar-refractivity contribution in [2.45, 2.75) is 19.3 Å². The van der Waals surface area contributed by atoms with Gasteiger partial charge in [-0.25, -0.2) is 0 Å². The molecule has 0 spiro atoms. The first-order valence-corrected chi connectivity index (χ1v) is 6.93. The number of methoxy groups -OCH3 is 3. The van der Waals surface area contributed by atoms with Gasteiger partial charge in [0.25, 0.3) is 0 Å². The van der Waals surface area contributed by atoms with Crippen molar-refractivity contribution in [1.29, 1.82) is 0 Å². The maximum atomic E-state index is 10.5. The zero-order valence-electron chi connectivity index (χ0n) is 13.2. The van der Waals surface area contributed by atoms with Crippen LogP contribution >= 0.6 is 0 Å². The van der Waals surface area contributed by atoms with Crippen LogP contribution < -0.4 is 14.2 Å². The van der Waals surface area contributed by atoms with Crippen molar-refractivity contribution in [3.8, 4) is 28.6 Å².